The first-order valence-corrected chi connectivity index (χ1v) is 6.78. The van der Waals surface area contributed by atoms with Crippen molar-refractivity contribution in [3.63, 3.8) is 0 Å². The summed E-state index contributed by atoms with van der Waals surface area (Å²) < 4.78 is 37.3. The molecule has 0 fully saturated rings. The summed E-state index contributed by atoms with van der Waals surface area (Å²) in [6.45, 7) is 0. The van der Waals surface area contributed by atoms with Crippen LogP contribution in [-0.2, 0) is 12.6 Å². The molecule has 1 aromatic heterocycles. The van der Waals surface area contributed by atoms with Crippen LogP contribution in [0.2, 0.25) is 5.02 Å². The van der Waals surface area contributed by atoms with Crippen molar-refractivity contribution >= 4 is 22.9 Å². The Labute approximate surface area is 117 Å². The summed E-state index contributed by atoms with van der Waals surface area (Å²) >= 11 is 7.41. The summed E-state index contributed by atoms with van der Waals surface area (Å²) in [5.74, 6) is 0. The Morgan fingerprint density at radius 2 is 1.79 bits per heavy atom. The molecule has 0 saturated heterocycles. The molecule has 0 aliphatic heterocycles. The van der Waals surface area contributed by atoms with Gasteiger partial charge in [-0.05, 0) is 35.6 Å². The zero-order valence-corrected chi connectivity index (χ0v) is 11.3. The van der Waals surface area contributed by atoms with E-state index in [1.54, 1.807) is 6.07 Å². The van der Waals surface area contributed by atoms with Gasteiger partial charge in [-0.3, -0.25) is 0 Å². The predicted octanol–water partition coefficient (Wildman–Crippen LogP) is 4.66. The molecule has 2 aromatic rings. The summed E-state index contributed by atoms with van der Waals surface area (Å²) in [6, 6.07) is 6.49. The van der Waals surface area contributed by atoms with Gasteiger partial charge in [0.1, 0.15) is 0 Å². The van der Waals surface area contributed by atoms with Gasteiger partial charge in [-0.1, -0.05) is 23.7 Å². The minimum Gasteiger partial charge on any atom is -0.323 e. The first kappa shape index (κ1) is 14.4. The fourth-order valence-corrected chi connectivity index (χ4v) is 2.95. The summed E-state index contributed by atoms with van der Waals surface area (Å²) in [6.07, 6.45) is -3.85. The van der Waals surface area contributed by atoms with Gasteiger partial charge in [0.05, 0.1) is 10.6 Å². The fourth-order valence-electron chi connectivity index (χ4n) is 1.75. The van der Waals surface area contributed by atoms with E-state index >= 15 is 0 Å². The lowest BCUT2D eigenvalue weighted by Crippen LogP contribution is -2.12. The van der Waals surface area contributed by atoms with Crippen molar-refractivity contribution in [3.05, 3.63) is 56.7 Å². The molecule has 19 heavy (non-hydrogen) atoms. The maximum Gasteiger partial charge on any atom is 0.416 e. The second-order valence-corrected chi connectivity index (χ2v) is 5.49. The molecule has 0 saturated carbocycles. The Balaban J connectivity index is 2.10. The monoisotopic (exact) mass is 305 g/mol. The van der Waals surface area contributed by atoms with Gasteiger partial charge in [0.2, 0.25) is 0 Å². The van der Waals surface area contributed by atoms with Crippen LogP contribution in [0.1, 0.15) is 22.0 Å². The number of nitrogens with two attached hydrogens (primary N) is 1. The van der Waals surface area contributed by atoms with E-state index in [2.05, 4.69) is 0 Å². The number of benzene rings is 1. The fraction of sp³-hybridized carbons (Fsp3) is 0.231. The lowest BCUT2D eigenvalue weighted by Gasteiger charge is -2.12. The van der Waals surface area contributed by atoms with Crippen LogP contribution in [0.3, 0.4) is 0 Å². The van der Waals surface area contributed by atoms with Crippen molar-refractivity contribution in [1.82, 2.24) is 0 Å². The molecule has 1 heterocycles. The Bertz CT molecular complexity index is 548. The molecule has 0 spiro atoms. The van der Waals surface area contributed by atoms with Gasteiger partial charge in [-0.15, -0.1) is 11.3 Å². The minimum atomic E-state index is -4.31. The van der Waals surface area contributed by atoms with Crippen molar-refractivity contribution in [1.29, 1.82) is 0 Å². The lowest BCUT2D eigenvalue weighted by molar-refractivity contribution is -0.137. The molecule has 0 bridgehead atoms. The summed E-state index contributed by atoms with van der Waals surface area (Å²) in [5.41, 5.74) is 6.10. The zero-order chi connectivity index (χ0) is 14.0. The molecule has 6 heteroatoms. The number of rotatable bonds is 3. The van der Waals surface area contributed by atoms with Gasteiger partial charge in [0.15, 0.2) is 0 Å². The van der Waals surface area contributed by atoms with Crippen LogP contribution in [0.4, 0.5) is 13.2 Å². The smallest absolute Gasteiger partial charge is 0.323 e. The van der Waals surface area contributed by atoms with Crippen molar-refractivity contribution in [2.75, 3.05) is 0 Å². The number of hydrogen-bond acceptors (Lipinski definition) is 2. The molecule has 1 nitrogen and oxygen atoms in total. The highest BCUT2D eigenvalue weighted by Gasteiger charge is 2.30. The molecular formula is C13H11ClF3NS. The lowest BCUT2D eigenvalue weighted by atomic mass is 10.0. The normalized spacial score (nSPS) is 13.5. The third kappa shape index (κ3) is 3.49. The molecule has 2 N–H and O–H groups in total. The van der Waals surface area contributed by atoms with Crippen LogP contribution in [0.15, 0.2) is 35.7 Å². The largest absolute Gasteiger partial charge is 0.416 e. The number of hydrogen-bond donors (Lipinski definition) is 1. The molecule has 2 rings (SSSR count). The highest BCUT2D eigenvalue weighted by Crippen LogP contribution is 2.31. The molecule has 102 valence electrons. The van der Waals surface area contributed by atoms with Gasteiger partial charge in [-0.25, -0.2) is 0 Å². The van der Waals surface area contributed by atoms with Crippen LogP contribution < -0.4 is 5.73 Å². The predicted molar refractivity (Wildman–Crippen MR) is 71.4 cm³/mol. The molecule has 1 unspecified atom stereocenters. The average molecular weight is 306 g/mol. The summed E-state index contributed by atoms with van der Waals surface area (Å²) in [4.78, 5) is 0.849. The van der Waals surface area contributed by atoms with Gasteiger partial charge >= 0.3 is 6.18 Å². The van der Waals surface area contributed by atoms with E-state index in [0.29, 0.717) is 11.4 Å². The first-order chi connectivity index (χ1) is 8.88. The van der Waals surface area contributed by atoms with E-state index in [-0.39, 0.29) is 6.04 Å². The van der Waals surface area contributed by atoms with Gasteiger partial charge in [0.25, 0.3) is 0 Å². The number of alkyl halides is 3. The highest BCUT2D eigenvalue weighted by atomic mass is 35.5. The second-order valence-electron chi connectivity index (χ2n) is 4.14. The van der Waals surface area contributed by atoms with E-state index in [1.807, 2.05) is 5.38 Å². The van der Waals surface area contributed by atoms with Gasteiger partial charge < -0.3 is 5.73 Å². The van der Waals surface area contributed by atoms with E-state index in [1.165, 1.54) is 23.5 Å². The van der Waals surface area contributed by atoms with Gasteiger partial charge in [0, 0.05) is 10.9 Å². The first-order valence-electron chi connectivity index (χ1n) is 5.52. The van der Waals surface area contributed by atoms with Crippen molar-refractivity contribution < 1.29 is 13.2 Å². The van der Waals surface area contributed by atoms with E-state index in [0.717, 1.165) is 22.6 Å². The summed E-state index contributed by atoms with van der Waals surface area (Å²) in [7, 11) is 0. The van der Waals surface area contributed by atoms with E-state index < -0.39 is 11.7 Å². The standard InChI is InChI=1S/C13H11ClF3NS/c14-10-5-6-19-12(10)11(18)7-8-1-3-9(4-2-8)13(15,16)17/h1-6,11H,7,18H2. The average Bonchev–Trinajstić information content (AvgIpc) is 2.75. The van der Waals surface area contributed by atoms with Crippen LogP contribution in [0.5, 0.6) is 0 Å². The Kier molecular flexibility index (Phi) is 4.18. The third-order valence-electron chi connectivity index (χ3n) is 2.72. The molecule has 0 aliphatic carbocycles. The van der Waals surface area contributed by atoms with Crippen LogP contribution >= 0.6 is 22.9 Å². The number of thiophene rings is 1. The van der Waals surface area contributed by atoms with Crippen LogP contribution in [0.25, 0.3) is 0 Å². The van der Waals surface area contributed by atoms with Crippen LogP contribution in [-0.4, -0.2) is 0 Å². The Hall–Kier alpha value is -1.04. The van der Waals surface area contributed by atoms with Crippen molar-refractivity contribution in [2.45, 2.75) is 18.6 Å². The molecular weight excluding hydrogens is 295 g/mol. The van der Waals surface area contributed by atoms with Crippen molar-refractivity contribution in [3.8, 4) is 0 Å². The number of halogens is 4. The minimum absolute atomic E-state index is 0.302. The summed E-state index contributed by atoms with van der Waals surface area (Å²) in [5, 5.41) is 2.44. The Morgan fingerprint density at radius 1 is 1.16 bits per heavy atom. The van der Waals surface area contributed by atoms with E-state index in [4.69, 9.17) is 17.3 Å². The topological polar surface area (TPSA) is 26.0 Å². The molecule has 1 atom stereocenters. The van der Waals surface area contributed by atoms with E-state index in [9.17, 15) is 13.2 Å². The van der Waals surface area contributed by atoms with Gasteiger partial charge in [-0.2, -0.15) is 13.2 Å². The molecule has 1 aromatic carbocycles. The molecule has 0 aliphatic rings. The Morgan fingerprint density at radius 3 is 2.26 bits per heavy atom. The third-order valence-corrected chi connectivity index (χ3v) is 4.21. The zero-order valence-electron chi connectivity index (χ0n) is 9.75. The maximum absolute atomic E-state index is 12.4. The van der Waals surface area contributed by atoms with Crippen LogP contribution in [0, 0.1) is 0 Å². The highest BCUT2D eigenvalue weighted by molar-refractivity contribution is 7.10. The maximum atomic E-state index is 12.4. The second kappa shape index (κ2) is 5.53. The SMILES string of the molecule is NC(Cc1ccc(C(F)(F)F)cc1)c1sccc1Cl. The molecule has 0 radical (unpaired) electrons. The van der Waals surface area contributed by atoms with Crippen molar-refractivity contribution in [2.24, 2.45) is 5.73 Å². The quantitative estimate of drug-likeness (QED) is 0.876. The molecule has 0 amide bonds.